The van der Waals surface area contributed by atoms with Gasteiger partial charge >= 0.3 is 0 Å². The zero-order valence-corrected chi connectivity index (χ0v) is 13.9. The van der Waals surface area contributed by atoms with Crippen LogP contribution in [0.3, 0.4) is 0 Å². The zero-order valence-electron chi connectivity index (χ0n) is 12.4. The van der Waals surface area contributed by atoms with Gasteiger partial charge in [0.2, 0.25) is 0 Å². The summed E-state index contributed by atoms with van der Waals surface area (Å²) < 4.78 is 5.47. The monoisotopic (exact) mass is 346 g/mol. The summed E-state index contributed by atoms with van der Waals surface area (Å²) in [4.78, 5) is 14.3. The summed E-state index contributed by atoms with van der Waals surface area (Å²) in [5.41, 5.74) is 0.422. The van der Waals surface area contributed by atoms with Crippen LogP contribution < -0.4 is 5.32 Å². The number of ether oxygens (including phenoxy) is 1. The van der Waals surface area contributed by atoms with E-state index >= 15 is 0 Å². The molecule has 2 atom stereocenters. The van der Waals surface area contributed by atoms with E-state index in [1.807, 2.05) is 6.92 Å². The first-order valence-electron chi connectivity index (χ1n) is 7.26. The second-order valence-corrected chi connectivity index (χ2v) is 5.96. The lowest BCUT2D eigenvalue weighted by molar-refractivity contribution is -0.138. The summed E-state index contributed by atoms with van der Waals surface area (Å²) in [6.45, 7) is 4.89. The maximum Gasteiger partial charge on any atom is 0.250 e. The quantitative estimate of drug-likeness (QED) is 0.854. The van der Waals surface area contributed by atoms with Gasteiger partial charge in [-0.1, -0.05) is 36.2 Å². The molecule has 1 aliphatic heterocycles. The van der Waals surface area contributed by atoms with Gasteiger partial charge in [-0.25, -0.2) is 0 Å². The average molecular weight is 347 g/mol. The van der Waals surface area contributed by atoms with Gasteiger partial charge < -0.3 is 15.2 Å². The first-order chi connectivity index (χ1) is 10.5. The number of likely N-dealkylation sites (N-methyl/N-ethyl adjacent to an activating group) is 1. The van der Waals surface area contributed by atoms with Gasteiger partial charge in [0.15, 0.2) is 0 Å². The van der Waals surface area contributed by atoms with E-state index in [-0.39, 0.29) is 12.5 Å². The Hall–Kier alpha value is -0.850. The fourth-order valence-electron chi connectivity index (χ4n) is 2.39. The predicted octanol–water partition coefficient (Wildman–Crippen LogP) is 1.86. The van der Waals surface area contributed by atoms with Crippen molar-refractivity contribution in [3.63, 3.8) is 0 Å². The van der Waals surface area contributed by atoms with Crippen molar-refractivity contribution in [3.8, 4) is 0 Å². The molecule has 0 aliphatic carbocycles. The van der Waals surface area contributed by atoms with Crippen molar-refractivity contribution in [2.45, 2.75) is 19.1 Å². The van der Waals surface area contributed by atoms with E-state index in [2.05, 4.69) is 10.2 Å². The number of aliphatic hydroxyl groups excluding tert-OH is 1. The second kappa shape index (κ2) is 8.13. The van der Waals surface area contributed by atoms with Crippen LogP contribution in [-0.4, -0.2) is 54.8 Å². The van der Waals surface area contributed by atoms with Crippen LogP contribution in [0.4, 0.5) is 0 Å². The normalized spacial score (nSPS) is 20.6. The van der Waals surface area contributed by atoms with Gasteiger partial charge in [0, 0.05) is 35.2 Å². The highest BCUT2D eigenvalue weighted by Gasteiger charge is 2.26. The fraction of sp³-hybridized carbons (Fsp3) is 0.533. The van der Waals surface area contributed by atoms with Crippen molar-refractivity contribution in [1.82, 2.24) is 10.2 Å². The third-order valence-electron chi connectivity index (χ3n) is 3.69. The summed E-state index contributed by atoms with van der Waals surface area (Å²) in [6.07, 6.45) is -1.47. The minimum Gasteiger partial charge on any atom is -0.386 e. The smallest absolute Gasteiger partial charge is 0.250 e. The van der Waals surface area contributed by atoms with Crippen LogP contribution in [-0.2, 0) is 9.53 Å². The number of amides is 1. The molecule has 1 fully saturated rings. The molecule has 1 aromatic carbocycles. The first-order valence-corrected chi connectivity index (χ1v) is 8.02. The van der Waals surface area contributed by atoms with Gasteiger partial charge in [0.25, 0.3) is 5.91 Å². The van der Waals surface area contributed by atoms with Crippen LogP contribution in [0.25, 0.3) is 0 Å². The number of benzene rings is 1. The van der Waals surface area contributed by atoms with Crippen LogP contribution >= 0.6 is 23.2 Å². The van der Waals surface area contributed by atoms with Crippen LogP contribution in [0.5, 0.6) is 0 Å². The molecule has 1 aromatic rings. The lowest BCUT2D eigenvalue weighted by atomic mass is 10.1. The van der Waals surface area contributed by atoms with Crippen molar-refractivity contribution in [2.24, 2.45) is 0 Å². The van der Waals surface area contributed by atoms with Gasteiger partial charge in [0.05, 0.1) is 12.7 Å². The van der Waals surface area contributed by atoms with E-state index in [9.17, 15) is 9.90 Å². The number of carbonyl (C=O) groups excluding carboxylic acids is 1. The third kappa shape index (κ3) is 4.33. The molecule has 1 heterocycles. The van der Waals surface area contributed by atoms with E-state index in [4.69, 9.17) is 27.9 Å². The molecule has 0 spiro atoms. The second-order valence-electron chi connectivity index (χ2n) is 5.15. The maximum atomic E-state index is 12.1. The molecule has 0 aromatic heterocycles. The number of rotatable bonds is 5. The molecule has 2 unspecified atom stereocenters. The minimum atomic E-state index is -0.962. The number of carbonyl (C=O) groups is 1. The molecule has 122 valence electrons. The van der Waals surface area contributed by atoms with Gasteiger partial charge in [-0.2, -0.15) is 0 Å². The average Bonchev–Trinajstić information content (AvgIpc) is 2.52. The number of hydrogen-bond donors (Lipinski definition) is 2. The SMILES string of the molecule is CCN1CCOC(C(=O)NCC(O)c2c(Cl)cccc2Cl)C1. The van der Waals surface area contributed by atoms with Crippen LogP contribution in [0, 0.1) is 0 Å². The number of nitrogens with one attached hydrogen (secondary N) is 1. The lowest BCUT2D eigenvalue weighted by Crippen LogP contribution is -2.50. The van der Waals surface area contributed by atoms with Crippen LogP contribution in [0.1, 0.15) is 18.6 Å². The Balaban J connectivity index is 1.90. The molecule has 0 radical (unpaired) electrons. The molecule has 0 saturated carbocycles. The highest BCUT2D eigenvalue weighted by atomic mass is 35.5. The van der Waals surface area contributed by atoms with Crippen molar-refractivity contribution in [3.05, 3.63) is 33.8 Å². The molecule has 0 bridgehead atoms. The first kappa shape index (κ1) is 17.5. The number of halogens is 2. The van der Waals surface area contributed by atoms with Gasteiger partial charge in [0.1, 0.15) is 6.10 Å². The highest BCUT2D eigenvalue weighted by Crippen LogP contribution is 2.29. The Bertz CT molecular complexity index is 507. The van der Waals surface area contributed by atoms with Crippen LogP contribution in [0.15, 0.2) is 18.2 Å². The molecule has 2 rings (SSSR count). The van der Waals surface area contributed by atoms with Crippen molar-refractivity contribution in [2.75, 3.05) is 32.8 Å². The van der Waals surface area contributed by atoms with Gasteiger partial charge in [-0.05, 0) is 18.7 Å². The highest BCUT2D eigenvalue weighted by molar-refractivity contribution is 6.36. The Morgan fingerprint density at radius 2 is 2.18 bits per heavy atom. The Kier molecular flexibility index (Phi) is 6.47. The van der Waals surface area contributed by atoms with E-state index in [1.165, 1.54) is 0 Å². The van der Waals surface area contributed by atoms with E-state index in [0.29, 0.717) is 28.8 Å². The van der Waals surface area contributed by atoms with Gasteiger partial charge in [-0.15, -0.1) is 0 Å². The predicted molar refractivity (Wildman–Crippen MR) is 86.3 cm³/mol. The largest absolute Gasteiger partial charge is 0.386 e. The molecule has 22 heavy (non-hydrogen) atoms. The Labute approximate surface area is 140 Å². The van der Waals surface area contributed by atoms with Crippen LogP contribution in [0.2, 0.25) is 10.0 Å². The molecule has 5 nitrogen and oxygen atoms in total. The molecule has 2 N–H and O–H groups in total. The third-order valence-corrected chi connectivity index (χ3v) is 4.35. The van der Waals surface area contributed by atoms with Crippen molar-refractivity contribution < 1.29 is 14.6 Å². The summed E-state index contributed by atoms with van der Waals surface area (Å²) in [5.74, 6) is -0.236. The Morgan fingerprint density at radius 3 is 2.82 bits per heavy atom. The van der Waals surface area contributed by atoms with Gasteiger partial charge in [-0.3, -0.25) is 9.69 Å². The summed E-state index contributed by atoms with van der Waals surface area (Å²) in [6, 6.07) is 5.00. The molecular weight excluding hydrogens is 327 g/mol. The number of morpholine rings is 1. The lowest BCUT2D eigenvalue weighted by Gasteiger charge is -2.31. The summed E-state index contributed by atoms with van der Waals surface area (Å²) >= 11 is 12.1. The molecule has 1 saturated heterocycles. The molecule has 1 amide bonds. The number of hydrogen-bond acceptors (Lipinski definition) is 4. The number of aliphatic hydroxyl groups is 1. The topological polar surface area (TPSA) is 61.8 Å². The van der Waals surface area contributed by atoms with E-state index < -0.39 is 12.2 Å². The minimum absolute atomic E-state index is 0.0360. The summed E-state index contributed by atoms with van der Waals surface area (Å²) in [5, 5.41) is 13.6. The molecule has 1 aliphatic rings. The number of nitrogens with zero attached hydrogens (tertiary/aromatic N) is 1. The van der Waals surface area contributed by atoms with Crippen molar-refractivity contribution in [1.29, 1.82) is 0 Å². The standard InChI is InChI=1S/C15H20Cl2N2O3/c1-2-19-6-7-22-13(9-19)15(21)18-8-12(20)14-10(16)4-3-5-11(14)17/h3-5,12-13,20H,2,6-9H2,1H3,(H,18,21). The van der Waals surface area contributed by atoms with E-state index in [0.717, 1.165) is 13.1 Å². The zero-order chi connectivity index (χ0) is 16.1. The molecular formula is C15H20Cl2N2O3. The summed E-state index contributed by atoms with van der Waals surface area (Å²) in [7, 11) is 0. The Morgan fingerprint density at radius 1 is 1.50 bits per heavy atom. The fourth-order valence-corrected chi connectivity index (χ4v) is 3.04. The van der Waals surface area contributed by atoms with E-state index in [1.54, 1.807) is 18.2 Å². The van der Waals surface area contributed by atoms with Crippen molar-refractivity contribution >= 4 is 29.1 Å². The maximum absolute atomic E-state index is 12.1. The molecule has 7 heteroatoms.